The van der Waals surface area contributed by atoms with Crippen molar-refractivity contribution in [2.24, 2.45) is 5.92 Å². The van der Waals surface area contributed by atoms with Gasteiger partial charge in [0.2, 0.25) is 17.6 Å². The van der Waals surface area contributed by atoms with Crippen molar-refractivity contribution in [1.29, 1.82) is 0 Å². The topological polar surface area (TPSA) is 62.5 Å². The minimum atomic E-state index is 0.0657. The van der Waals surface area contributed by atoms with Crippen LogP contribution in [0.4, 0.5) is 0 Å². The summed E-state index contributed by atoms with van der Waals surface area (Å²) < 4.78 is 5.51. The van der Waals surface area contributed by atoms with Gasteiger partial charge in [-0.1, -0.05) is 50.2 Å². The maximum Gasteiger partial charge on any atom is 0.241 e. The van der Waals surface area contributed by atoms with E-state index in [4.69, 9.17) is 4.52 Å². The predicted octanol–water partition coefficient (Wildman–Crippen LogP) is 4.11. The highest BCUT2D eigenvalue weighted by molar-refractivity contribution is 5.79. The number of piperidine rings is 1. The van der Waals surface area contributed by atoms with Crippen LogP contribution in [0.25, 0.3) is 11.4 Å². The number of hydrogen-bond acceptors (Lipinski definition) is 5. The van der Waals surface area contributed by atoms with Crippen molar-refractivity contribution in [1.82, 2.24) is 19.9 Å². The standard InChI is InChI=1S/C23H34N4O2/c1-6-27(7-2)22(28)18-9-8-14-26(15-18)16-20-24-21(25-29-20)17-10-12-19(13-11-17)23(3,4)5/h10-13,18H,6-9,14-16H2,1-5H3. The summed E-state index contributed by atoms with van der Waals surface area (Å²) in [5.74, 6) is 1.56. The molecule has 2 aromatic rings. The molecule has 6 nitrogen and oxygen atoms in total. The van der Waals surface area contributed by atoms with Gasteiger partial charge in [0.15, 0.2) is 0 Å². The quantitative estimate of drug-likeness (QED) is 0.733. The first-order valence-electron chi connectivity index (χ1n) is 10.8. The molecular formula is C23H34N4O2. The van der Waals surface area contributed by atoms with E-state index >= 15 is 0 Å². The normalized spacial score (nSPS) is 18.0. The van der Waals surface area contributed by atoms with Gasteiger partial charge in [0.1, 0.15) is 0 Å². The van der Waals surface area contributed by atoms with Crippen LogP contribution in [0.5, 0.6) is 0 Å². The lowest BCUT2D eigenvalue weighted by Gasteiger charge is -2.33. The van der Waals surface area contributed by atoms with Gasteiger partial charge in [0.05, 0.1) is 12.5 Å². The Hall–Kier alpha value is -2.21. The third kappa shape index (κ3) is 5.24. The minimum absolute atomic E-state index is 0.0657. The summed E-state index contributed by atoms with van der Waals surface area (Å²) in [6, 6.07) is 8.35. The largest absolute Gasteiger partial charge is 0.343 e. The molecule has 1 fully saturated rings. The van der Waals surface area contributed by atoms with E-state index in [2.05, 4.69) is 60.1 Å². The maximum absolute atomic E-state index is 12.7. The molecular weight excluding hydrogens is 364 g/mol. The molecule has 1 aromatic heterocycles. The first kappa shape index (κ1) is 21.5. The Balaban J connectivity index is 1.63. The number of likely N-dealkylation sites (tertiary alicyclic amines) is 1. The van der Waals surface area contributed by atoms with Gasteiger partial charge in [0, 0.05) is 25.2 Å². The van der Waals surface area contributed by atoms with E-state index in [1.807, 2.05) is 18.7 Å². The molecule has 1 aromatic carbocycles. The monoisotopic (exact) mass is 398 g/mol. The molecule has 1 aliphatic rings. The Morgan fingerprint density at radius 3 is 2.52 bits per heavy atom. The van der Waals surface area contributed by atoms with Crippen LogP contribution in [-0.4, -0.2) is 52.0 Å². The second-order valence-electron chi connectivity index (χ2n) is 8.92. The van der Waals surface area contributed by atoms with Gasteiger partial charge < -0.3 is 9.42 Å². The molecule has 0 N–H and O–H groups in total. The van der Waals surface area contributed by atoms with E-state index in [9.17, 15) is 4.79 Å². The lowest BCUT2D eigenvalue weighted by atomic mass is 9.87. The number of hydrogen-bond donors (Lipinski definition) is 0. The van der Waals surface area contributed by atoms with Crippen LogP contribution < -0.4 is 0 Å². The van der Waals surface area contributed by atoms with E-state index in [0.717, 1.165) is 44.6 Å². The smallest absolute Gasteiger partial charge is 0.241 e. The summed E-state index contributed by atoms with van der Waals surface area (Å²) in [6.07, 6.45) is 1.98. The molecule has 158 valence electrons. The molecule has 0 bridgehead atoms. The molecule has 1 unspecified atom stereocenters. The highest BCUT2D eigenvalue weighted by Gasteiger charge is 2.29. The zero-order valence-electron chi connectivity index (χ0n) is 18.4. The average molecular weight is 399 g/mol. The second-order valence-corrected chi connectivity index (χ2v) is 8.92. The predicted molar refractivity (Wildman–Crippen MR) is 114 cm³/mol. The SMILES string of the molecule is CCN(CC)C(=O)C1CCCN(Cc2nc(-c3ccc(C(C)(C)C)cc3)no2)C1. The van der Waals surface area contributed by atoms with Crippen LogP contribution >= 0.6 is 0 Å². The van der Waals surface area contributed by atoms with Crippen molar-refractivity contribution in [2.45, 2.75) is 59.4 Å². The summed E-state index contributed by atoms with van der Waals surface area (Å²) in [4.78, 5) is 21.5. The van der Waals surface area contributed by atoms with Crippen LogP contribution in [0.3, 0.4) is 0 Å². The number of benzene rings is 1. The van der Waals surface area contributed by atoms with Crippen molar-refractivity contribution < 1.29 is 9.32 Å². The first-order valence-corrected chi connectivity index (χ1v) is 10.8. The fraction of sp³-hybridized carbons (Fsp3) is 0.609. The summed E-state index contributed by atoms with van der Waals surface area (Å²) in [7, 11) is 0. The minimum Gasteiger partial charge on any atom is -0.343 e. The molecule has 1 atom stereocenters. The molecule has 0 aliphatic carbocycles. The van der Waals surface area contributed by atoms with Crippen molar-refractivity contribution in [3.8, 4) is 11.4 Å². The lowest BCUT2D eigenvalue weighted by Crippen LogP contribution is -2.44. The fourth-order valence-electron chi connectivity index (χ4n) is 3.94. The van der Waals surface area contributed by atoms with Crippen LogP contribution in [0.15, 0.2) is 28.8 Å². The molecule has 2 heterocycles. The van der Waals surface area contributed by atoms with E-state index in [0.29, 0.717) is 18.3 Å². The van der Waals surface area contributed by atoms with Crippen LogP contribution in [0.1, 0.15) is 58.9 Å². The Bertz CT molecular complexity index is 803. The molecule has 1 aliphatic heterocycles. The molecule has 0 spiro atoms. The highest BCUT2D eigenvalue weighted by atomic mass is 16.5. The third-order valence-electron chi connectivity index (χ3n) is 5.77. The number of nitrogens with zero attached hydrogens (tertiary/aromatic N) is 4. The molecule has 0 saturated carbocycles. The Kier molecular flexibility index (Phi) is 6.73. The Morgan fingerprint density at radius 1 is 1.21 bits per heavy atom. The average Bonchev–Trinajstić information content (AvgIpc) is 3.17. The van der Waals surface area contributed by atoms with Crippen LogP contribution in [-0.2, 0) is 16.8 Å². The van der Waals surface area contributed by atoms with E-state index in [-0.39, 0.29) is 17.2 Å². The first-order chi connectivity index (χ1) is 13.8. The van der Waals surface area contributed by atoms with Gasteiger partial charge in [-0.05, 0) is 44.2 Å². The number of amides is 1. The van der Waals surface area contributed by atoms with Crippen molar-refractivity contribution in [3.63, 3.8) is 0 Å². The number of aromatic nitrogens is 2. The van der Waals surface area contributed by atoms with Gasteiger partial charge in [0.25, 0.3) is 0 Å². The highest BCUT2D eigenvalue weighted by Crippen LogP contribution is 2.25. The summed E-state index contributed by atoms with van der Waals surface area (Å²) in [6.45, 7) is 14.5. The number of carbonyl (C=O) groups is 1. The molecule has 6 heteroatoms. The van der Waals surface area contributed by atoms with E-state index in [1.165, 1.54) is 5.56 Å². The lowest BCUT2D eigenvalue weighted by molar-refractivity contribution is -0.137. The third-order valence-corrected chi connectivity index (χ3v) is 5.77. The molecule has 0 radical (unpaired) electrons. The zero-order chi connectivity index (χ0) is 21.0. The number of rotatable bonds is 6. The van der Waals surface area contributed by atoms with E-state index < -0.39 is 0 Å². The fourth-order valence-corrected chi connectivity index (χ4v) is 3.94. The molecule has 1 saturated heterocycles. The second kappa shape index (κ2) is 9.08. The summed E-state index contributed by atoms with van der Waals surface area (Å²) in [5.41, 5.74) is 2.36. The maximum atomic E-state index is 12.7. The van der Waals surface area contributed by atoms with Gasteiger partial charge >= 0.3 is 0 Å². The van der Waals surface area contributed by atoms with Gasteiger partial charge in [-0.25, -0.2) is 0 Å². The van der Waals surface area contributed by atoms with Crippen molar-refractivity contribution >= 4 is 5.91 Å². The van der Waals surface area contributed by atoms with Crippen LogP contribution in [0, 0.1) is 5.92 Å². The summed E-state index contributed by atoms with van der Waals surface area (Å²) in [5, 5.41) is 4.16. The Labute approximate surface area is 174 Å². The van der Waals surface area contributed by atoms with Crippen molar-refractivity contribution in [2.75, 3.05) is 26.2 Å². The van der Waals surface area contributed by atoms with Gasteiger partial charge in [-0.3, -0.25) is 9.69 Å². The Morgan fingerprint density at radius 2 is 1.90 bits per heavy atom. The van der Waals surface area contributed by atoms with Crippen molar-refractivity contribution in [3.05, 3.63) is 35.7 Å². The zero-order valence-corrected chi connectivity index (χ0v) is 18.4. The number of carbonyl (C=O) groups excluding carboxylic acids is 1. The van der Waals surface area contributed by atoms with Crippen LogP contribution in [0.2, 0.25) is 0 Å². The van der Waals surface area contributed by atoms with Gasteiger partial charge in [-0.15, -0.1) is 0 Å². The van der Waals surface area contributed by atoms with Gasteiger partial charge in [-0.2, -0.15) is 4.98 Å². The molecule has 1 amide bonds. The molecule has 29 heavy (non-hydrogen) atoms. The summed E-state index contributed by atoms with van der Waals surface area (Å²) >= 11 is 0. The molecule has 3 rings (SSSR count). The van der Waals surface area contributed by atoms with E-state index in [1.54, 1.807) is 0 Å².